The summed E-state index contributed by atoms with van der Waals surface area (Å²) in [4.78, 5) is 23.8. The lowest BCUT2D eigenvalue weighted by Gasteiger charge is -2.32. The number of pyridine rings is 5. The van der Waals surface area contributed by atoms with Crippen molar-refractivity contribution in [3.8, 4) is 45.6 Å². The number of nitriles is 1. The monoisotopic (exact) mass is 1080 g/mol. The van der Waals surface area contributed by atoms with Crippen molar-refractivity contribution in [1.29, 1.82) is 5.26 Å². The smallest absolute Gasteiger partial charge is 0.180 e. The van der Waals surface area contributed by atoms with E-state index in [9.17, 15) is 5.26 Å². The van der Waals surface area contributed by atoms with E-state index in [1.807, 2.05) is 170 Å². The molecule has 0 spiro atoms. The fourth-order valence-corrected chi connectivity index (χ4v) is 13.2. The molecule has 17 aromatic rings. The van der Waals surface area contributed by atoms with Crippen LogP contribution in [0.1, 0.15) is 5.56 Å². The van der Waals surface area contributed by atoms with Crippen molar-refractivity contribution in [3.05, 3.63) is 242 Å². The lowest BCUT2D eigenvalue weighted by molar-refractivity contribution is 0.454. The van der Waals surface area contributed by atoms with Crippen molar-refractivity contribution < 1.29 is 17.6 Å². The molecule has 0 N–H and O–H groups in total. The molecule has 15 heteroatoms. The quantitative estimate of drug-likeness (QED) is 0.121. The Labute approximate surface area is 465 Å². The largest absolute Gasteiger partial charge is 0.305 e. The molecular formula is C68H35F4N11. The summed E-state index contributed by atoms with van der Waals surface area (Å²) < 4.78 is 82.6. The minimum absolute atomic E-state index is 0.0781. The van der Waals surface area contributed by atoms with Gasteiger partial charge in [-0.2, -0.15) is 5.26 Å². The van der Waals surface area contributed by atoms with Crippen LogP contribution in [0.5, 0.6) is 0 Å². The van der Waals surface area contributed by atoms with Crippen LogP contribution in [0.15, 0.2) is 214 Å². The standard InChI is InChI=1S/C68H35F4N11/c69-60-47(31-73)61(70)63(72)58(62(60)71)59-64(79-48-16-6-1-11-37(48)42-21-26-74-32-53(42)79)66(81-50-18-8-3-13-39(50)44-23-28-76-34-55(44)81)68(83-52-20-10-5-15-41(52)46-25-30-78-36-57(46)83)67(82-51-19-9-4-14-40(51)45-24-29-77-35-56(45)82)65(59)80-49-17-7-2-12-38(49)43-22-27-75-33-54(43)80/h1-30,32-36H. The number of benzene rings is 7. The van der Waals surface area contributed by atoms with Gasteiger partial charge in [-0.15, -0.1) is 0 Å². The van der Waals surface area contributed by atoms with E-state index in [0.29, 0.717) is 66.7 Å². The molecule has 390 valence electrons. The molecular weight excluding hydrogens is 1050 g/mol. The number of nitrogens with zero attached hydrogens (tertiary/aromatic N) is 11. The van der Waals surface area contributed by atoms with Gasteiger partial charge in [0.25, 0.3) is 0 Å². The van der Waals surface area contributed by atoms with Gasteiger partial charge in [-0.25, -0.2) is 17.6 Å². The second-order valence-electron chi connectivity index (χ2n) is 20.5. The number of para-hydroxylation sites is 5. The second kappa shape index (κ2) is 17.3. The Kier molecular flexibility index (Phi) is 9.65. The number of halogens is 4. The molecule has 0 aliphatic rings. The molecule has 0 saturated heterocycles. The van der Waals surface area contributed by atoms with Gasteiger partial charge in [-0.1, -0.05) is 91.0 Å². The van der Waals surface area contributed by atoms with E-state index in [1.165, 1.54) is 6.07 Å². The van der Waals surface area contributed by atoms with Gasteiger partial charge >= 0.3 is 0 Å². The summed E-state index contributed by atoms with van der Waals surface area (Å²) in [5.41, 5.74) is 4.37. The first-order valence-corrected chi connectivity index (χ1v) is 26.6. The van der Waals surface area contributed by atoms with Gasteiger partial charge in [0.05, 0.1) is 120 Å². The minimum atomic E-state index is -1.87. The summed E-state index contributed by atoms with van der Waals surface area (Å²) in [7, 11) is 0. The molecule has 0 aliphatic heterocycles. The third-order valence-corrected chi connectivity index (χ3v) is 16.5. The third-order valence-electron chi connectivity index (χ3n) is 16.5. The lowest BCUT2D eigenvalue weighted by Crippen LogP contribution is -2.19. The third kappa shape index (κ3) is 6.12. The average Bonchev–Trinajstić information content (AvgIpc) is 1.80. The number of fused-ring (bicyclic) bond motifs is 15. The highest BCUT2D eigenvalue weighted by Gasteiger charge is 2.40. The molecule has 0 atom stereocenters. The number of hydrogen-bond acceptors (Lipinski definition) is 6. The Balaban J connectivity index is 1.32. The van der Waals surface area contributed by atoms with Gasteiger partial charge in [-0.3, -0.25) is 24.9 Å². The number of aromatic nitrogens is 10. The zero-order valence-electron chi connectivity index (χ0n) is 43.1. The predicted molar refractivity (Wildman–Crippen MR) is 317 cm³/mol. The van der Waals surface area contributed by atoms with Crippen LogP contribution >= 0.6 is 0 Å². The maximum atomic E-state index is 18.8. The Morgan fingerprint density at radius 3 is 0.759 bits per heavy atom. The topological polar surface area (TPSA) is 113 Å². The van der Waals surface area contributed by atoms with E-state index in [2.05, 4.69) is 4.57 Å². The molecule has 0 bridgehead atoms. The molecule has 83 heavy (non-hydrogen) atoms. The molecule has 10 heterocycles. The van der Waals surface area contributed by atoms with Crippen molar-refractivity contribution in [2.75, 3.05) is 0 Å². The van der Waals surface area contributed by atoms with Gasteiger partial charge in [0, 0.05) is 90.4 Å². The maximum Gasteiger partial charge on any atom is 0.180 e. The van der Waals surface area contributed by atoms with Crippen molar-refractivity contribution >= 4 is 109 Å². The predicted octanol–water partition coefficient (Wildman–Crippen LogP) is 16.2. The highest BCUT2D eigenvalue weighted by atomic mass is 19.2. The highest BCUT2D eigenvalue weighted by molar-refractivity contribution is 6.19. The highest BCUT2D eigenvalue weighted by Crippen LogP contribution is 2.55. The molecule has 0 aliphatic carbocycles. The summed E-state index contributed by atoms with van der Waals surface area (Å²) in [5.74, 6) is -7.32. The molecule has 0 unspecified atom stereocenters. The fraction of sp³-hybridized carbons (Fsp3) is 0. The van der Waals surface area contributed by atoms with Crippen LogP contribution in [0, 0.1) is 34.6 Å². The van der Waals surface area contributed by atoms with E-state index in [4.69, 9.17) is 24.9 Å². The van der Waals surface area contributed by atoms with Crippen LogP contribution in [-0.4, -0.2) is 47.8 Å². The number of hydrogen-bond donors (Lipinski definition) is 0. The Morgan fingerprint density at radius 2 is 0.494 bits per heavy atom. The molecule has 0 amide bonds. The fourth-order valence-electron chi connectivity index (χ4n) is 13.2. The molecule has 0 radical (unpaired) electrons. The minimum Gasteiger partial charge on any atom is -0.305 e. The summed E-state index contributed by atoms with van der Waals surface area (Å²) in [6.07, 6.45) is 17.2. The molecule has 0 fully saturated rings. The molecule has 10 aromatic heterocycles. The van der Waals surface area contributed by atoms with E-state index in [1.54, 1.807) is 62.0 Å². The summed E-state index contributed by atoms with van der Waals surface area (Å²) >= 11 is 0. The molecule has 11 nitrogen and oxygen atoms in total. The van der Waals surface area contributed by atoms with Crippen molar-refractivity contribution in [1.82, 2.24) is 47.8 Å². The van der Waals surface area contributed by atoms with Crippen LogP contribution in [0.3, 0.4) is 0 Å². The Hall–Kier alpha value is -11.5. The number of rotatable bonds is 6. The van der Waals surface area contributed by atoms with E-state index < -0.39 is 34.4 Å². The zero-order valence-corrected chi connectivity index (χ0v) is 43.1. The van der Waals surface area contributed by atoms with Gasteiger partial charge < -0.3 is 22.8 Å². The lowest BCUT2D eigenvalue weighted by atomic mass is 9.93. The van der Waals surface area contributed by atoms with Gasteiger partial charge in [0.15, 0.2) is 23.3 Å². The van der Waals surface area contributed by atoms with Crippen LogP contribution in [0.2, 0.25) is 0 Å². The van der Waals surface area contributed by atoms with Crippen molar-refractivity contribution in [3.63, 3.8) is 0 Å². The summed E-state index contributed by atoms with van der Waals surface area (Å²) in [6, 6.07) is 50.0. The zero-order chi connectivity index (χ0) is 55.4. The van der Waals surface area contributed by atoms with Crippen molar-refractivity contribution in [2.24, 2.45) is 0 Å². The van der Waals surface area contributed by atoms with Gasteiger partial charge in [-0.05, 0) is 60.7 Å². The maximum absolute atomic E-state index is 18.8. The summed E-state index contributed by atoms with van der Waals surface area (Å²) in [5, 5.41) is 18.1. The first-order valence-electron chi connectivity index (χ1n) is 26.6. The molecule has 0 saturated carbocycles. The van der Waals surface area contributed by atoms with Gasteiger partial charge in [0.2, 0.25) is 0 Å². The van der Waals surface area contributed by atoms with Crippen LogP contribution < -0.4 is 0 Å². The average molecular weight is 1080 g/mol. The van der Waals surface area contributed by atoms with Crippen LogP contribution in [-0.2, 0) is 0 Å². The Bertz CT molecular complexity index is 5190. The van der Waals surface area contributed by atoms with Gasteiger partial charge in [0.1, 0.15) is 11.6 Å². The van der Waals surface area contributed by atoms with E-state index in [-0.39, 0.29) is 16.9 Å². The van der Waals surface area contributed by atoms with Crippen LogP contribution in [0.25, 0.3) is 149 Å². The van der Waals surface area contributed by atoms with Crippen LogP contribution in [0.4, 0.5) is 17.6 Å². The van der Waals surface area contributed by atoms with E-state index >= 15 is 17.6 Å². The van der Waals surface area contributed by atoms with Crippen molar-refractivity contribution in [2.45, 2.75) is 0 Å². The second-order valence-corrected chi connectivity index (χ2v) is 20.5. The first-order chi connectivity index (χ1) is 40.9. The first kappa shape index (κ1) is 46.4. The Morgan fingerprint density at radius 1 is 0.265 bits per heavy atom. The normalized spacial score (nSPS) is 12.1. The SMILES string of the molecule is N#Cc1c(F)c(F)c(-c2c(-n3c4ccccc4c4ccncc43)c(-n3c4ccccc4c4ccncc43)c(-n3c4ccccc4c4ccncc43)c(-n3c4ccccc4c4ccncc43)c2-n2c3ccccc3c3ccncc32)c(F)c1F. The van der Waals surface area contributed by atoms with E-state index in [0.717, 1.165) is 59.4 Å². The molecule has 17 rings (SSSR count). The molecule has 7 aromatic carbocycles. The summed E-state index contributed by atoms with van der Waals surface area (Å²) in [6.45, 7) is 0.